The number of allylic oxidation sites excluding steroid dienone is 3. The normalized spacial score (nSPS) is 12.2. The number of pyridine rings is 2. The summed E-state index contributed by atoms with van der Waals surface area (Å²) in [4.78, 5) is 12.6. The first kappa shape index (κ1) is 24.5. The molecule has 5 rings (SSSR count). The Hall–Kier alpha value is -4.23. The summed E-state index contributed by atoms with van der Waals surface area (Å²) in [5.74, 6) is 0. The largest absolute Gasteiger partial charge is 0.358 e. The van der Waals surface area contributed by atoms with E-state index in [1.807, 2.05) is 18.5 Å². The number of nitrogens with zero attached hydrogens (tertiary/aromatic N) is 3. The molecular weight excluding hydrogens is 476 g/mol. The summed E-state index contributed by atoms with van der Waals surface area (Å²) in [6, 6.07) is 8.46. The fourth-order valence-electron chi connectivity index (χ4n) is 4.14. The van der Waals surface area contributed by atoms with Crippen molar-refractivity contribution in [1.82, 2.24) is 25.1 Å². The minimum atomic E-state index is -0.0562. The minimum absolute atomic E-state index is 0.0562. The van der Waals surface area contributed by atoms with E-state index in [0.29, 0.717) is 5.65 Å². The van der Waals surface area contributed by atoms with Crippen LogP contribution < -0.4 is 5.32 Å². The number of aromatic nitrogens is 5. The Kier molecular flexibility index (Phi) is 6.39. The molecule has 0 bridgehead atoms. The Balaban J connectivity index is 1.52. The topological polar surface area (TPSA) is 82.3 Å². The van der Waals surface area contributed by atoms with Gasteiger partial charge in [0.1, 0.15) is 0 Å². The van der Waals surface area contributed by atoms with E-state index in [9.17, 15) is 0 Å². The number of thiophene rings is 1. The number of hydrogen-bond acceptors (Lipinski definition) is 5. The Labute approximate surface area is 220 Å². The van der Waals surface area contributed by atoms with Gasteiger partial charge in [-0.05, 0) is 53.1 Å². The summed E-state index contributed by atoms with van der Waals surface area (Å²) in [6.45, 7) is 16.6. The number of H-pyrrole nitrogens is 2. The molecule has 5 aromatic heterocycles. The number of rotatable bonds is 7. The molecule has 0 saturated heterocycles. The van der Waals surface area contributed by atoms with Gasteiger partial charge in [0.2, 0.25) is 0 Å². The zero-order chi connectivity index (χ0) is 26.2. The lowest BCUT2D eigenvalue weighted by Crippen LogP contribution is -2.15. The van der Waals surface area contributed by atoms with Gasteiger partial charge >= 0.3 is 0 Å². The predicted octanol–water partition coefficient (Wildman–Crippen LogP) is 7.97. The summed E-state index contributed by atoms with van der Waals surface area (Å²) in [5.41, 5.74) is 10.7. The standard InChI is InChI=1S/C30H30N6S/c1-7-8-24(20-9-10-37-17-20)25-13-27(33-18(25)2)28-26-12-22(15-32-29(26)36-35-28)21-11-23(16-31-14-21)34-19(3)30(4,5)6/h7-17,33-34H,1,3H2,2,4-6H3,(H,32,35,36)/b24-8-. The molecule has 0 aliphatic rings. The zero-order valence-corrected chi connectivity index (χ0v) is 22.3. The molecule has 6 nitrogen and oxygen atoms in total. The lowest BCUT2D eigenvalue weighted by Gasteiger charge is -2.23. The van der Waals surface area contributed by atoms with E-state index < -0.39 is 0 Å². The van der Waals surface area contributed by atoms with Gasteiger partial charge in [-0.3, -0.25) is 10.1 Å². The van der Waals surface area contributed by atoms with Crippen LogP contribution in [0.25, 0.3) is 39.1 Å². The Bertz CT molecular complexity index is 1630. The van der Waals surface area contributed by atoms with Crippen LogP contribution in [-0.2, 0) is 0 Å². The molecule has 0 spiro atoms. The fraction of sp³-hybridized carbons (Fsp3) is 0.167. The van der Waals surface area contributed by atoms with Gasteiger partial charge < -0.3 is 10.3 Å². The highest BCUT2D eigenvalue weighted by atomic mass is 32.1. The van der Waals surface area contributed by atoms with E-state index in [0.717, 1.165) is 56.1 Å². The number of nitrogens with one attached hydrogen (secondary N) is 3. The second-order valence-electron chi connectivity index (χ2n) is 10.1. The monoisotopic (exact) mass is 506 g/mol. The molecule has 0 aliphatic heterocycles. The number of fused-ring (bicyclic) bond motifs is 1. The molecule has 0 unspecified atom stereocenters. The first-order valence-electron chi connectivity index (χ1n) is 12.1. The lowest BCUT2D eigenvalue weighted by atomic mass is 9.93. The number of anilines is 1. The van der Waals surface area contributed by atoms with Crippen molar-refractivity contribution in [2.75, 3.05) is 5.32 Å². The van der Waals surface area contributed by atoms with Gasteiger partial charge in [0.05, 0.1) is 23.3 Å². The van der Waals surface area contributed by atoms with Gasteiger partial charge in [-0.25, -0.2) is 4.98 Å². The summed E-state index contributed by atoms with van der Waals surface area (Å²) in [6.07, 6.45) is 9.36. The van der Waals surface area contributed by atoms with Crippen LogP contribution in [0.5, 0.6) is 0 Å². The summed E-state index contributed by atoms with van der Waals surface area (Å²) in [5, 5.41) is 16.2. The van der Waals surface area contributed by atoms with E-state index in [-0.39, 0.29) is 5.41 Å². The second-order valence-corrected chi connectivity index (χ2v) is 10.8. The first-order chi connectivity index (χ1) is 17.7. The summed E-state index contributed by atoms with van der Waals surface area (Å²) < 4.78 is 0. The van der Waals surface area contributed by atoms with Crippen molar-refractivity contribution in [1.29, 1.82) is 0 Å². The van der Waals surface area contributed by atoms with E-state index in [4.69, 9.17) is 0 Å². The zero-order valence-electron chi connectivity index (χ0n) is 21.5. The van der Waals surface area contributed by atoms with Crippen molar-refractivity contribution < 1.29 is 0 Å². The molecule has 7 heteroatoms. The maximum Gasteiger partial charge on any atom is 0.181 e. The van der Waals surface area contributed by atoms with Gasteiger partial charge in [-0.15, -0.1) is 0 Å². The Morgan fingerprint density at radius 1 is 1.11 bits per heavy atom. The van der Waals surface area contributed by atoms with E-state index in [2.05, 4.69) is 112 Å². The quantitative estimate of drug-likeness (QED) is 0.195. The van der Waals surface area contributed by atoms with E-state index >= 15 is 0 Å². The maximum atomic E-state index is 4.62. The molecule has 3 N–H and O–H groups in total. The highest BCUT2D eigenvalue weighted by Crippen LogP contribution is 2.34. The number of aromatic amines is 2. The minimum Gasteiger partial charge on any atom is -0.358 e. The fourth-order valence-corrected chi connectivity index (χ4v) is 4.80. The van der Waals surface area contributed by atoms with Crippen LogP contribution in [-0.4, -0.2) is 25.1 Å². The van der Waals surface area contributed by atoms with Crippen molar-refractivity contribution in [2.24, 2.45) is 5.41 Å². The average Bonchev–Trinajstić information content (AvgIpc) is 3.62. The van der Waals surface area contributed by atoms with Crippen LogP contribution in [0, 0.1) is 12.3 Å². The molecule has 0 aromatic carbocycles. The van der Waals surface area contributed by atoms with Crippen molar-refractivity contribution >= 4 is 33.6 Å². The molecule has 0 fully saturated rings. The van der Waals surface area contributed by atoms with Crippen LogP contribution >= 0.6 is 11.3 Å². The van der Waals surface area contributed by atoms with Crippen molar-refractivity contribution in [3.05, 3.63) is 101 Å². The average molecular weight is 507 g/mol. The van der Waals surface area contributed by atoms with Crippen LogP contribution in [0.1, 0.15) is 37.6 Å². The predicted molar refractivity (Wildman–Crippen MR) is 155 cm³/mol. The number of aryl methyl sites for hydroxylation is 1. The van der Waals surface area contributed by atoms with Gasteiger partial charge in [0.25, 0.3) is 0 Å². The van der Waals surface area contributed by atoms with E-state index in [1.54, 1.807) is 17.5 Å². The molecule has 0 amide bonds. The third kappa shape index (κ3) is 4.90. The smallest absolute Gasteiger partial charge is 0.181 e. The van der Waals surface area contributed by atoms with Crippen molar-refractivity contribution in [3.8, 4) is 22.5 Å². The molecule has 0 atom stereocenters. The highest BCUT2D eigenvalue weighted by molar-refractivity contribution is 7.08. The van der Waals surface area contributed by atoms with Gasteiger partial charge in [-0.1, -0.05) is 46.1 Å². The third-order valence-electron chi connectivity index (χ3n) is 6.37. The molecular formula is C30H30N6S. The maximum absolute atomic E-state index is 4.62. The molecule has 5 heterocycles. The van der Waals surface area contributed by atoms with Crippen LogP contribution in [0.15, 0.2) is 84.6 Å². The van der Waals surface area contributed by atoms with Gasteiger partial charge in [0, 0.05) is 51.3 Å². The molecule has 5 aromatic rings. The molecule has 186 valence electrons. The molecule has 0 aliphatic carbocycles. The third-order valence-corrected chi connectivity index (χ3v) is 7.06. The molecule has 0 radical (unpaired) electrons. The van der Waals surface area contributed by atoms with Crippen LogP contribution in [0.3, 0.4) is 0 Å². The van der Waals surface area contributed by atoms with E-state index in [1.165, 1.54) is 5.56 Å². The summed E-state index contributed by atoms with van der Waals surface area (Å²) >= 11 is 1.68. The first-order valence-corrected chi connectivity index (χ1v) is 13.0. The highest BCUT2D eigenvalue weighted by Gasteiger charge is 2.18. The lowest BCUT2D eigenvalue weighted by molar-refractivity contribution is 0.509. The van der Waals surface area contributed by atoms with Crippen LogP contribution in [0.4, 0.5) is 5.69 Å². The molecule has 0 saturated carbocycles. The van der Waals surface area contributed by atoms with Gasteiger partial charge in [0.15, 0.2) is 5.65 Å². The van der Waals surface area contributed by atoms with Crippen molar-refractivity contribution in [2.45, 2.75) is 27.7 Å². The summed E-state index contributed by atoms with van der Waals surface area (Å²) in [7, 11) is 0. The van der Waals surface area contributed by atoms with Crippen molar-refractivity contribution in [3.63, 3.8) is 0 Å². The SMILES string of the molecule is C=C/C=C(/c1ccsc1)c1cc(-c2[nH]nc3ncc(-c4cncc(NC(=C)C(C)(C)C)c4)cc23)[nH]c1C. The molecule has 37 heavy (non-hydrogen) atoms. The van der Waals surface area contributed by atoms with Gasteiger partial charge in [-0.2, -0.15) is 16.4 Å². The second kappa shape index (κ2) is 9.67. The Morgan fingerprint density at radius 3 is 2.65 bits per heavy atom. The number of hydrogen-bond donors (Lipinski definition) is 3. The Morgan fingerprint density at radius 2 is 1.92 bits per heavy atom. The van der Waals surface area contributed by atoms with Crippen LogP contribution in [0.2, 0.25) is 0 Å².